The molecule has 1 unspecified atom stereocenters. The molecule has 7 atom stereocenters. The number of amides is 2. The fourth-order valence-corrected chi connectivity index (χ4v) is 5.84. The van der Waals surface area contributed by atoms with E-state index in [0.29, 0.717) is 5.56 Å². The number of rotatable bonds is 4. The van der Waals surface area contributed by atoms with E-state index < -0.39 is 6.10 Å². The van der Waals surface area contributed by atoms with Crippen LogP contribution in [0.2, 0.25) is 0 Å². The average Bonchev–Trinajstić information content (AvgIpc) is 2.69. The van der Waals surface area contributed by atoms with Gasteiger partial charge in [-0.1, -0.05) is 20.8 Å². The van der Waals surface area contributed by atoms with Crippen molar-refractivity contribution in [3.05, 3.63) is 24.3 Å². The predicted molar refractivity (Wildman–Crippen MR) is 119 cm³/mol. The minimum Gasteiger partial charge on any atom is -0.392 e. The van der Waals surface area contributed by atoms with Crippen LogP contribution in [0, 0.1) is 29.1 Å². The third kappa shape index (κ3) is 5.08. The summed E-state index contributed by atoms with van der Waals surface area (Å²) in [7, 11) is 0. The van der Waals surface area contributed by atoms with Gasteiger partial charge in [-0.05, 0) is 69.6 Å². The Hall–Kier alpha value is -2.02. The predicted octanol–water partition coefficient (Wildman–Crippen LogP) is 2.95. The van der Waals surface area contributed by atoms with Gasteiger partial charge in [0, 0.05) is 29.9 Å². The second kappa shape index (κ2) is 8.85. The molecule has 7 heteroatoms. The van der Waals surface area contributed by atoms with Gasteiger partial charge in [0.05, 0.1) is 11.7 Å². The first-order valence-corrected chi connectivity index (χ1v) is 11.5. The molecule has 7 nitrogen and oxygen atoms in total. The summed E-state index contributed by atoms with van der Waals surface area (Å²) in [5.41, 5.74) is 0.165. The molecule has 2 saturated carbocycles. The lowest BCUT2D eigenvalue weighted by molar-refractivity contribution is -0.143. The SMILES string of the molecule is C[C@H]1[C@@H]2[C@@H](O)C([C@H](C)C(=O)NC(C)(C)C)CC[C@@]2(C)CC[C@@H]1NC(=O)c1cncnc1. The molecule has 2 aliphatic rings. The first-order chi connectivity index (χ1) is 14.4. The number of nitrogens with zero attached hydrogens (tertiary/aromatic N) is 2. The van der Waals surface area contributed by atoms with Gasteiger partial charge in [-0.15, -0.1) is 0 Å². The summed E-state index contributed by atoms with van der Waals surface area (Å²) < 4.78 is 0. The first-order valence-electron chi connectivity index (χ1n) is 11.5. The van der Waals surface area contributed by atoms with Gasteiger partial charge in [0.2, 0.25) is 5.91 Å². The van der Waals surface area contributed by atoms with Crippen LogP contribution < -0.4 is 10.6 Å². The van der Waals surface area contributed by atoms with Gasteiger partial charge in [-0.25, -0.2) is 9.97 Å². The van der Waals surface area contributed by atoms with E-state index in [1.165, 1.54) is 18.7 Å². The molecule has 2 amide bonds. The highest BCUT2D eigenvalue weighted by molar-refractivity contribution is 5.93. The second-order valence-corrected chi connectivity index (χ2v) is 11.0. The van der Waals surface area contributed by atoms with Crippen molar-refractivity contribution in [2.45, 2.75) is 84.9 Å². The molecule has 1 heterocycles. The second-order valence-electron chi connectivity index (χ2n) is 11.0. The summed E-state index contributed by atoms with van der Waals surface area (Å²) >= 11 is 0. The van der Waals surface area contributed by atoms with Crippen molar-refractivity contribution in [2.24, 2.45) is 29.1 Å². The molecule has 2 fully saturated rings. The highest BCUT2D eigenvalue weighted by atomic mass is 16.3. The van der Waals surface area contributed by atoms with Crippen molar-refractivity contribution in [1.82, 2.24) is 20.6 Å². The number of fused-ring (bicyclic) bond motifs is 1. The van der Waals surface area contributed by atoms with Gasteiger partial charge in [0.15, 0.2) is 0 Å². The Morgan fingerprint density at radius 2 is 1.81 bits per heavy atom. The zero-order valence-electron chi connectivity index (χ0n) is 19.7. The van der Waals surface area contributed by atoms with Crippen molar-refractivity contribution < 1.29 is 14.7 Å². The molecule has 0 radical (unpaired) electrons. The standard InChI is InChI=1S/C24H38N4O3/c1-14(21(30)28-23(3,4)5)17-7-9-24(6)10-8-18(15(2)19(24)20(17)29)27-22(31)16-11-25-13-26-12-16/h11-15,17-20,29H,7-10H2,1-6H3,(H,27,31)(H,28,30)/t14-,15+,17?,18-,19+,20-,24-/m0/s1. The molecule has 0 aliphatic heterocycles. The Morgan fingerprint density at radius 1 is 1.19 bits per heavy atom. The Kier molecular flexibility index (Phi) is 6.75. The quantitative estimate of drug-likeness (QED) is 0.681. The van der Waals surface area contributed by atoms with Gasteiger partial charge in [-0.3, -0.25) is 9.59 Å². The summed E-state index contributed by atoms with van der Waals surface area (Å²) in [6, 6.07) is -0.0297. The highest BCUT2D eigenvalue weighted by Crippen LogP contribution is 2.55. The number of hydrogen-bond acceptors (Lipinski definition) is 5. The van der Waals surface area contributed by atoms with E-state index in [1.807, 2.05) is 27.7 Å². The Labute approximate surface area is 185 Å². The Bertz CT molecular complexity index is 794. The van der Waals surface area contributed by atoms with Crippen molar-refractivity contribution in [3.63, 3.8) is 0 Å². The number of aliphatic hydroxyl groups excluding tert-OH is 1. The molecule has 0 saturated heterocycles. The zero-order chi connectivity index (χ0) is 23.0. The van der Waals surface area contributed by atoms with Gasteiger partial charge in [0.25, 0.3) is 5.91 Å². The maximum Gasteiger partial charge on any atom is 0.254 e. The molecular weight excluding hydrogens is 392 g/mol. The minimum atomic E-state index is -0.575. The topological polar surface area (TPSA) is 104 Å². The van der Waals surface area contributed by atoms with Crippen molar-refractivity contribution in [2.75, 3.05) is 0 Å². The summed E-state index contributed by atoms with van der Waals surface area (Å²) in [5, 5.41) is 17.7. The van der Waals surface area contributed by atoms with E-state index in [1.54, 1.807) is 0 Å². The maximum atomic E-state index is 12.8. The zero-order valence-corrected chi connectivity index (χ0v) is 19.7. The summed E-state index contributed by atoms with van der Waals surface area (Å²) in [6.45, 7) is 12.2. The molecule has 0 spiro atoms. The van der Waals surface area contributed by atoms with Gasteiger partial charge < -0.3 is 15.7 Å². The van der Waals surface area contributed by atoms with Crippen LogP contribution in [0.25, 0.3) is 0 Å². The summed E-state index contributed by atoms with van der Waals surface area (Å²) in [4.78, 5) is 33.3. The van der Waals surface area contributed by atoms with E-state index in [4.69, 9.17) is 0 Å². The molecule has 0 bridgehead atoms. The van der Waals surface area contributed by atoms with Gasteiger partial charge >= 0.3 is 0 Å². The molecule has 0 aromatic carbocycles. The lowest BCUT2D eigenvalue weighted by Crippen LogP contribution is -2.59. The first kappa shape index (κ1) is 23.6. The van der Waals surface area contributed by atoms with Crippen LogP contribution in [0.3, 0.4) is 0 Å². The molecule has 1 aromatic heterocycles. The Balaban J connectivity index is 1.74. The number of carbonyl (C=O) groups excluding carboxylic acids is 2. The lowest BCUT2D eigenvalue weighted by Gasteiger charge is -2.56. The van der Waals surface area contributed by atoms with E-state index in [0.717, 1.165) is 25.7 Å². The number of carbonyl (C=O) groups is 2. The van der Waals surface area contributed by atoms with E-state index in [2.05, 4.69) is 34.4 Å². The smallest absolute Gasteiger partial charge is 0.254 e. The summed E-state index contributed by atoms with van der Waals surface area (Å²) in [6.07, 6.45) is 7.52. The average molecular weight is 431 g/mol. The highest BCUT2D eigenvalue weighted by Gasteiger charge is 2.54. The van der Waals surface area contributed by atoms with Crippen LogP contribution in [0.4, 0.5) is 0 Å². The van der Waals surface area contributed by atoms with Crippen LogP contribution in [0.1, 0.15) is 77.6 Å². The molecule has 1 aromatic rings. The molecule has 2 aliphatic carbocycles. The fraction of sp³-hybridized carbons (Fsp3) is 0.750. The van der Waals surface area contributed by atoms with Gasteiger partial charge in [0.1, 0.15) is 6.33 Å². The Morgan fingerprint density at radius 3 is 2.42 bits per heavy atom. The van der Waals surface area contributed by atoms with Crippen molar-refractivity contribution in [3.8, 4) is 0 Å². The number of aliphatic hydroxyl groups is 1. The van der Waals surface area contributed by atoms with E-state index in [9.17, 15) is 14.7 Å². The van der Waals surface area contributed by atoms with Crippen LogP contribution in [0.15, 0.2) is 18.7 Å². The minimum absolute atomic E-state index is 0.00227. The molecule has 3 N–H and O–H groups in total. The normalized spacial score (nSPS) is 34.4. The third-order valence-electron chi connectivity index (χ3n) is 7.58. The summed E-state index contributed by atoms with van der Waals surface area (Å²) in [5.74, 6) is -0.397. The number of aromatic nitrogens is 2. The maximum absolute atomic E-state index is 12.8. The van der Waals surface area contributed by atoms with Crippen LogP contribution in [-0.4, -0.2) is 44.6 Å². The molecular formula is C24H38N4O3. The molecule has 31 heavy (non-hydrogen) atoms. The van der Waals surface area contributed by atoms with Crippen LogP contribution in [0.5, 0.6) is 0 Å². The molecule has 3 rings (SSSR count). The number of nitrogens with one attached hydrogen (secondary N) is 2. The van der Waals surface area contributed by atoms with Crippen LogP contribution in [-0.2, 0) is 4.79 Å². The number of hydrogen-bond donors (Lipinski definition) is 3. The third-order valence-corrected chi connectivity index (χ3v) is 7.58. The van der Waals surface area contributed by atoms with Crippen LogP contribution >= 0.6 is 0 Å². The van der Waals surface area contributed by atoms with Crippen molar-refractivity contribution in [1.29, 1.82) is 0 Å². The van der Waals surface area contributed by atoms with Gasteiger partial charge in [-0.2, -0.15) is 0 Å². The lowest BCUT2D eigenvalue weighted by atomic mass is 9.51. The monoisotopic (exact) mass is 430 g/mol. The van der Waals surface area contributed by atoms with E-state index >= 15 is 0 Å². The van der Waals surface area contributed by atoms with Crippen molar-refractivity contribution >= 4 is 11.8 Å². The largest absolute Gasteiger partial charge is 0.392 e. The molecule has 172 valence electrons. The fourth-order valence-electron chi connectivity index (χ4n) is 5.84. The van der Waals surface area contributed by atoms with E-state index in [-0.39, 0.29) is 52.5 Å².